The van der Waals surface area contributed by atoms with Gasteiger partial charge in [0.25, 0.3) is 0 Å². The number of Topliss-reactive ketones (excluding diaryl/α,β-unsaturated/α-hetero) is 1. The number of hydrogen-bond donors (Lipinski definition) is 5. The molecule has 0 aromatic heterocycles. The first-order valence-corrected chi connectivity index (χ1v) is 24.2. The predicted octanol–water partition coefficient (Wildman–Crippen LogP) is 2.67. The summed E-state index contributed by atoms with van der Waals surface area (Å²) < 4.78 is 82.7. The normalized spacial score (nSPS) is 17.6. The van der Waals surface area contributed by atoms with Gasteiger partial charge in [0, 0.05) is 70.7 Å². The second-order valence-electron chi connectivity index (χ2n) is 18.2. The van der Waals surface area contributed by atoms with Crippen molar-refractivity contribution in [1.29, 1.82) is 0 Å². The van der Waals surface area contributed by atoms with Crippen molar-refractivity contribution in [2.75, 3.05) is 59.9 Å². The van der Waals surface area contributed by atoms with Gasteiger partial charge in [-0.2, -0.15) is 26.3 Å². The Labute approximate surface area is 415 Å². The topological polar surface area (TPSA) is 210 Å². The molecule has 0 radical (unpaired) electrons. The van der Waals surface area contributed by atoms with Crippen molar-refractivity contribution >= 4 is 47.1 Å². The van der Waals surface area contributed by atoms with E-state index in [1.807, 2.05) is 0 Å². The van der Waals surface area contributed by atoms with Crippen LogP contribution in [0, 0.1) is 0 Å². The minimum Gasteiger partial charge on any atom is -0.356 e. The van der Waals surface area contributed by atoms with E-state index in [9.17, 15) is 64.7 Å². The SMILES string of the molecule is CN[C@@H](C)C(=O)N[C@@H](CC(=O)CCCNC(=O)C[C@H](NC(=O)[C@H](C)NC)C(=O)N1CCC[C@H]1CN(CCc1ccccc1)C(=O)C(F)(F)F)C(=O)N1CCC[C@H]1CN(CCc1ccccc1)C(=O)C(F)(F)F. The Morgan fingerprint density at radius 1 is 0.625 bits per heavy atom. The van der Waals surface area contributed by atoms with E-state index >= 15 is 0 Å². The van der Waals surface area contributed by atoms with Gasteiger partial charge in [0.05, 0.1) is 18.5 Å². The molecule has 2 aliphatic rings. The zero-order valence-corrected chi connectivity index (χ0v) is 41.1. The van der Waals surface area contributed by atoms with Crippen LogP contribution in [0.3, 0.4) is 0 Å². The zero-order valence-electron chi connectivity index (χ0n) is 41.1. The first-order valence-electron chi connectivity index (χ1n) is 24.2. The number of rotatable bonds is 26. The molecule has 0 aliphatic carbocycles. The lowest BCUT2D eigenvalue weighted by molar-refractivity contribution is -0.186. The number of carbonyl (C=O) groups excluding carboxylic acids is 8. The molecule has 0 unspecified atom stereocenters. The molecule has 72 heavy (non-hydrogen) atoms. The number of alkyl halides is 6. The molecule has 4 rings (SSSR count). The first-order chi connectivity index (χ1) is 34.0. The summed E-state index contributed by atoms with van der Waals surface area (Å²) in [5, 5.41) is 13.2. The van der Waals surface area contributed by atoms with Gasteiger partial charge in [0.15, 0.2) is 0 Å². The average Bonchev–Trinajstić information content (AvgIpc) is 4.03. The van der Waals surface area contributed by atoms with Gasteiger partial charge in [-0.3, -0.25) is 38.4 Å². The Morgan fingerprint density at radius 2 is 1.03 bits per heavy atom. The number of halogens is 6. The number of likely N-dealkylation sites (N-methyl/N-ethyl adjacent to an activating group) is 2. The molecule has 2 fully saturated rings. The Bertz CT molecular complexity index is 2000. The number of benzene rings is 2. The van der Waals surface area contributed by atoms with Crippen LogP contribution in [-0.2, 0) is 51.2 Å². The maximum absolute atomic E-state index is 14.1. The van der Waals surface area contributed by atoms with Gasteiger partial charge in [-0.15, -0.1) is 0 Å². The largest absolute Gasteiger partial charge is 0.471 e. The van der Waals surface area contributed by atoms with Gasteiger partial charge in [-0.05, 0) is 84.0 Å². The van der Waals surface area contributed by atoms with Crippen molar-refractivity contribution in [3.63, 3.8) is 0 Å². The molecular weight excluding hydrogens is 957 g/mol. The summed E-state index contributed by atoms with van der Waals surface area (Å²) in [4.78, 5) is 110. The quantitative estimate of drug-likeness (QED) is 0.0688. The highest BCUT2D eigenvalue weighted by molar-refractivity contribution is 5.95. The van der Waals surface area contributed by atoms with Gasteiger partial charge >= 0.3 is 24.2 Å². The lowest BCUT2D eigenvalue weighted by Crippen LogP contribution is -2.56. The standard InChI is InChI=1S/C49H67F6N9O8/c1-32(56-3)42(67)59-39(44(69)63-24-12-18-36(63)30-61(46(71)48(50,51)52)26-21-34-14-7-5-8-15-34)28-38(65)20-11-23-58-41(66)29-40(60-43(68)33(2)57-4)45(70)64-25-13-19-37(64)31-62(47(72)49(53,54)55)27-22-35-16-9-6-10-17-35/h5-10,14-17,32-33,36-37,39-40,56-57H,11-13,18-31H2,1-4H3,(H,58,66)(H,59,67)(H,60,68)/t32-,33-,36-,37-,39-,40-/m0/s1. The summed E-state index contributed by atoms with van der Waals surface area (Å²) in [5.74, 6) is -8.05. The van der Waals surface area contributed by atoms with Crippen LogP contribution in [0.15, 0.2) is 60.7 Å². The summed E-state index contributed by atoms with van der Waals surface area (Å²) in [6.45, 7) is 1.68. The number of amides is 7. The highest BCUT2D eigenvalue weighted by Gasteiger charge is 2.46. The van der Waals surface area contributed by atoms with E-state index in [1.54, 1.807) is 60.7 Å². The van der Waals surface area contributed by atoms with Crippen LogP contribution < -0.4 is 26.6 Å². The van der Waals surface area contributed by atoms with Crippen molar-refractivity contribution in [2.45, 2.75) is 127 Å². The highest BCUT2D eigenvalue weighted by Crippen LogP contribution is 2.26. The fraction of sp³-hybridized carbons (Fsp3) is 0.592. The van der Waals surface area contributed by atoms with E-state index in [1.165, 1.54) is 37.7 Å². The third-order valence-electron chi connectivity index (χ3n) is 12.9. The third kappa shape index (κ3) is 17.9. The van der Waals surface area contributed by atoms with Crippen LogP contribution in [0.25, 0.3) is 0 Å². The van der Waals surface area contributed by atoms with E-state index in [-0.39, 0.29) is 71.2 Å². The smallest absolute Gasteiger partial charge is 0.356 e. The van der Waals surface area contributed by atoms with Crippen LogP contribution in [-0.4, -0.2) is 175 Å². The number of hydrogen-bond acceptors (Lipinski definition) is 10. The molecule has 23 heteroatoms. The number of nitrogens with one attached hydrogen (secondary N) is 5. The van der Waals surface area contributed by atoms with E-state index in [4.69, 9.17) is 0 Å². The lowest BCUT2D eigenvalue weighted by atomic mass is 10.0. The van der Waals surface area contributed by atoms with Gasteiger partial charge in [0.2, 0.25) is 29.5 Å². The Morgan fingerprint density at radius 3 is 1.42 bits per heavy atom. The van der Waals surface area contributed by atoms with E-state index in [0.29, 0.717) is 33.8 Å². The fourth-order valence-electron chi connectivity index (χ4n) is 8.62. The molecular formula is C49H67F6N9O8. The molecule has 7 amide bonds. The Hall–Kier alpha value is -6.10. The van der Waals surface area contributed by atoms with Crippen LogP contribution in [0.5, 0.6) is 0 Å². The van der Waals surface area contributed by atoms with E-state index in [2.05, 4.69) is 26.6 Å². The summed E-state index contributed by atoms with van der Waals surface area (Å²) in [6, 6.07) is 11.1. The van der Waals surface area contributed by atoms with E-state index in [0.717, 1.165) is 0 Å². The van der Waals surface area contributed by atoms with E-state index < -0.39 is 122 Å². The second kappa shape index (κ2) is 27.6. The molecule has 5 N–H and O–H groups in total. The molecule has 6 atom stereocenters. The van der Waals surface area contributed by atoms with Crippen LogP contribution in [0.4, 0.5) is 26.3 Å². The van der Waals surface area contributed by atoms with Crippen molar-refractivity contribution in [3.05, 3.63) is 71.8 Å². The predicted molar refractivity (Wildman–Crippen MR) is 252 cm³/mol. The highest BCUT2D eigenvalue weighted by atomic mass is 19.4. The monoisotopic (exact) mass is 1020 g/mol. The Balaban J connectivity index is 1.40. The van der Waals surface area contributed by atoms with Crippen molar-refractivity contribution < 1.29 is 64.7 Å². The molecule has 2 aliphatic heterocycles. The maximum atomic E-state index is 14.1. The number of likely N-dealkylation sites (tertiary alicyclic amines) is 2. The van der Waals surface area contributed by atoms with Gasteiger partial charge in [0.1, 0.15) is 17.9 Å². The van der Waals surface area contributed by atoms with Gasteiger partial charge in [-0.1, -0.05) is 60.7 Å². The average molecular weight is 1020 g/mol. The van der Waals surface area contributed by atoms with Gasteiger partial charge in [-0.25, -0.2) is 0 Å². The lowest BCUT2D eigenvalue weighted by Gasteiger charge is -2.33. The maximum Gasteiger partial charge on any atom is 0.471 e. The number of nitrogens with zero attached hydrogens (tertiary/aromatic N) is 4. The molecule has 0 saturated carbocycles. The van der Waals surface area contributed by atoms with Crippen molar-refractivity contribution in [3.8, 4) is 0 Å². The molecule has 2 saturated heterocycles. The fourth-order valence-corrected chi connectivity index (χ4v) is 8.62. The summed E-state index contributed by atoms with van der Waals surface area (Å²) in [6.07, 6.45) is -10.1. The Kier molecular flexibility index (Phi) is 22.5. The van der Waals surface area contributed by atoms with Gasteiger partial charge < -0.3 is 46.2 Å². The first kappa shape index (κ1) is 58.5. The number of ketones is 1. The molecule has 2 aromatic rings. The third-order valence-corrected chi connectivity index (χ3v) is 12.9. The van der Waals surface area contributed by atoms with Crippen LogP contribution >= 0.6 is 0 Å². The second-order valence-corrected chi connectivity index (χ2v) is 18.2. The molecule has 0 spiro atoms. The molecule has 398 valence electrons. The van der Waals surface area contributed by atoms with Crippen LogP contribution in [0.2, 0.25) is 0 Å². The minimum absolute atomic E-state index is 0.0244. The summed E-state index contributed by atoms with van der Waals surface area (Å²) in [5.41, 5.74) is 1.41. The number of carbonyl (C=O) groups is 8. The summed E-state index contributed by atoms with van der Waals surface area (Å²) >= 11 is 0. The summed E-state index contributed by atoms with van der Waals surface area (Å²) in [7, 11) is 3.00. The molecule has 2 heterocycles. The van der Waals surface area contributed by atoms with Crippen LogP contribution in [0.1, 0.15) is 76.3 Å². The van der Waals surface area contributed by atoms with Crippen molar-refractivity contribution in [1.82, 2.24) is 46.2 Å². The minimum atomic E-state index is -5.18. The molecule has 2 aromatic carbocycles. The zero-order chi connectivity index (χ0) is 53.2. The van der Waals surface area contributed by atoms with Crippen molar-refractivity contribution in [2.24, 2.45) is 0 Å². The molecule has 0 bridgehead atoms. The molecule has 17 nitrogen and oxygen atoms in total.